The lowest BCUT2D eigenvalue weighted by Crippen LogP contribution is -1.97. The summed E-state index contributed by atoms with van der Waals surface area (Å²) in [4.78, 5) is 8.26. The van der Waals surface area contributed by atoms with Crippen molar-refractivity contribution in [2.24, 2.45) is 0 Å². The van der Waals surface area contributed by atoms with Crippen LogP contribution < -0.4 is 10.5 Å². The minimum absolute atomic E-state index is 0.0291. The lowest BCUT2D eigenvalue weighted by molar-refractivity contribution is 0.454. The van der Waals surface area contributed by atoms with Crippen molar-refractivity contribution < 1.29 is 9.13 Å². The minimum atomic E-state index is -0.591. The van der Waals surface area contributed by atoms with E-state index in [1.807, 2.05) is 6.92 Å². The van der Waals surface area contributed by atoms with Gasteiger partial charge in [0.05, 0.1) is 28.3 Å². The van der Waals surface area contributed by atoms with Crippen molar-refractivity contribution in [3.8, 4) is 11.6 Å². The summed E-state index contributed by atoms with van der Waals surface area (Å²) in [5.74, 6) is -0.184. The maximum Gasteiger partial charge on any atom is 0.238 e. The van der Waals surface area contributed by atoms with Crippen LogP contribution in [0.5, 0.6) is 11.6 Å². The van der Waals surface area contributed by atoms with E-state index in [0.29, 0.717) is 0 Å². The standard InChI is InChI=1S/C12H11ClFN3O/c1-6-7(2)17-12(5-16-6)18-11-4-9(14)10(15)3-8(11)13/h3-5H,15H2,1-2H3. The van der Waals surface area contributed by atoms with Gasteiger partial charge in [-0.05, 0) is 19.9 Å². The second-order valence-electron chi connectivity index (χ2n) is 3.79. The summed E-state index contributed by atoms with van der Waals surface area (Å²) in [5, 5.41) is 0.217. The van der Waals surface area contributed by atoms with E-state index in [-0.39, 0.29) is 22.3 Å². The van der Waals surface area contributed by atoms with Crippen LogP contribution >= 0.6 is 11.6 Å². The van der Waals surface area contributed by atoms with Crippen LogP contribution in [0.2, 0.25) is 5.02 Å². The highest BCUT2D eigenvalue weighted by atomic mass is 35.5. The Balaban J connectivity index is 2.34. The molecule has 4 nitrogen and oxygen atoms in total. The van der Waals surface area contributed by atoms with E-state index >= 15 is 0 Å². The highest BCUT2D eigenvalue weighted by molar-refractivity contribution is 6.32. The molecule has 0 aliphatic heterocycles. The van der Waals surface area contributed by atoms with Crippen molar-refractivity contribution in [1.29, 1.82) is 0 Å². The third-order valence-corrected chi connectivity index (χ3v) is 2.73. The summed E-state index contributed by atoms with van der Waals surface area (Å²) in [7, 11) is 0. The molecule has 1 aromatic carbocycles. The Kier molecular flexibility index (Phi) is 3.34. The lowest BCUT2D eigenvalue weighted by Gasteiger charge is -2.08. The van der Waals surface area contributed by atoms with Crippen molar-refractivity contribution >= 4 is 17.3 Å². The first kappa shape index (κ1) is 12.6. The quantitative estimate of drug-likeness (QED) is 0.849. The first-order valence-electron chi connectivity index (χ1n) is 5.20. The van der Waals surface area contributed by atoms with Gasteiger partial charge in [0, 0.05) is 6.07 Å². The molecule has 94 valence electrons. The van der Waals surface area contributed by atoms with E-state index in [9.17, 15) is 4.39 Å². The number of anilines is 1. The van der Waals surface area contributed by atoms with E-state index in [1.54, 1.807) is 6.92 Å². The first-order valence-corrected chi connectivity index (χ1v) is 5.58. The Labute approximate surface area is 109 Å². The van der Waals surface area contributed by atoms with Gasteiger partial charge >= 0.3 is 0 Å². The fraction of sp³-hybridized carbons (Fsp3) is 0.167. The zero-order valence-corrected chi connectivity index (χ0v) is 10.6. The van der Waals surface area contributed by atoms with E-state index in [4.69, 9.17) is 22.1 Å². The molecule has 2 N–H and O–H groups in total. The van der Waals surface area contributed by atoms with Gasteiger partial charge in [-0.2, -0.15) is 0 Å². The number of nitrogens with two attached hydrogens (primary N) is 1. The number of benzene rings is 1. The fourth-order valence-corrected chi connectivity index (χ4v) is 1.52. The summed E-state index contributed by atoms with van der Waals surface area (Å²) < 4.78 is 18.7. The average molecular weight is 268 g/mol. The van der Waals surface area contributed by atoms with Crippen LogP contribution in [-0.4, -0.2) is 9.97 Å². The summed E-state index contributed by atoms with van der Waals surface area (Å²) in [6.07, 6.45) is 1.45. The van der Waals surface area contributed by atoms with Crippen LogP contribution in [0, 0.1) is 19.7 Å². The number of aryl methyl sites for hydroxylation is 2. The average Bonchev–Trinajstić information content (AvgIpc) is 2.31. The second kappa shape index (κ2) is 4.78. The predicted molar refractivity (Wildman–Crippen MR) is 67.4 cm³/mol. The van der Waals surface area contributed by atoms with Gasteiger partial charge in [-0.25, -0.2) is 9.37 Å². The molecule has 2 aromatic rings. The van der Waals surface area contributed by atoms with Gasteiger partial charge in [0.2, 0.25) is 5.88 Å². The molecule has 1 aromatic heterocycles. The predicted octanol–water partition coefficient (Wildman–Crippen LogP) is 3.26. The number of nitrogens with zero attached hydrogens (tertiary/aromatic N) is 2. The smallest absolute Gasteiger partial charge is 0.238 e. The van der Waals surface area contributed by atoms with Gasteiger partial charge in [0.25, 0.3) is 0 Å². The van der Waals surface area contributed by atoms with Crippen molar-refractivity contribution in [3.05, 3.63) is 40.6 Å². The zero-order chi connectivity index (χ0) is 13.3. The van der Waals surface area contributed by atoms with Crippen LogP contribution in [0.3, 0.4) is 0 Å². The highest BCUT2D eigenvalue weighted by Crippen LogP contribution is 2.31. The monoisotopic (exact) mass is 267 g/mol. The third-order valence-electron chi connectivity index (χ3n) is 2.44. The largest absolute Gasteiger partial charge is 0.436 e. The SMILES string of the molecule is Cc1ncc(Oc2cc(F)c(N)cc2Cl)nc1C. The first-order chi connectivity index (χ1) is 8.47. The third kappa shape index (κ3) is 2.51. The summed E-state index contributed by atoms with van der Waals surface area (Å²) in [6.45, 7) is 3.64. The van der Waals surface area contributed by atoms with Gasteiger partial charge in [0.1, 0.15) is 5.82 Å². The molecule has 0 unspecified atom stereocenters. The Morgan fingerprint density at radius 1 is 1.28 bits per heavy atom. The Morgan fingerprint density at radius 3 is 2.67 bits per heavy atom. The van der Waals surface area contributed by atoms with E-state index in [0.717, 1.165) is 17.5 Å². The number of hydrogen-bond acceptors (Lipinski definition) is 4. The summed E-state index contributed by atoms with van der Waals surface area (Å²) in [6, 6.07) is 2.41. The van der Waals surface area contributed by atoms with E-state index in [1.165, 1.54) is 12.3 Å². The van der Waals surface area contributed by atoms with Crippen LogP contribution in [0.25, 0.3) is 0 Å². The molecule has 0 radical (unpaired) electrons. The van der Waals surface area contributed by atoms with Crippen LogP contribution in [-0.2, 0) is 0 Å². The van der Waals surface area contributed by atoms with E-state index < -0.39 is 5.82 Å². The molecule has 0 amide bonds. The van der Waals surface area contributed by atoms with Gasteiger partial charge in [0.15, 0.2) is 5.75 Å². The van der Waals surface area contributed by atoms with Gasteiger partial charge < -0.3 is 10.5 Å². The summed E-state index contributed by atoms with van der Waals surface area (Å²) in [5.41, 5.74) is 6.89. The molecule has 0 spiro atoms. The molecule has 1 heterocycles. The maximum absolute atomic E-state index is 13.3. The number of hydrogen-bond donors (Lipinski definition) is 1. The summed E-state index contributed by atoms with van der Waals surface area (Å²) >= 11 is 5.90. The molecule has 0 atom stereocenters. The molecular weight excluding hydrogens is 257 g/mol. The molecule has 6 heteroatoms. The van der Waals surface area contributed by atoms with E-state index in [2.05, 4.69) is 9.97 Å². The Hall–Kier alpha value is -1.88. The van der Waals surface area contributed by atoms with Gasteiger partial charge in [-0.15, -0.1) is 0 Å². The number of aromatic nitrogens is 2. The van der Waals surface area contributed by atoms with Crippen LogP contribution in [0.15, 0.2) is 18.3 Å². The number of ether oxygens (including phenoxy) is 1. The zero-order valence-electron chi connectivity index (χ0n) is 9.87. The molecule has 0 saturated heterocycles. The minimum Gasteiger partial charge on any atom is -0.436 e. The number of halogens is 2. The second-order valence-corrected chi connectivity index (χ2v) is 4.19. The van der Waals surface area contributed by atoms with Gasteiger partial charge in [-0.1, -0.05) is 11.6 Å². The molecule has 0 aliphatic rings. The molecule has 2 rings (SSSR count). The Morgan fingerprint density at radius 2 is 2.00 bits per heavy atom. The fourth-order valence-electron chi connectivity index (χ4n) is 1.30. The maximum atomic E-state index is 13.3. The Bertz CT molecular complexity index is 604. The molecular formula is C12H11ClFN3O. The van der Waals surface area contributed by atoms with Crippen molar-refractivity contribution in [3.63, 3.8) is 0 Å². The molecule has 0 bridgehead atoms. The molecule has 18 heavy (non-hydrogen) atoms. The lowest BCUT2D eigenvalue weighted by atomic mass is 10.3. The molecule has 0 saturated carbocycles. The van der Waals surface area contributed by atoms with Crippen LogP contribution in [0.4, 0.5) is 10.1 Å². The molecule has 0 fully saturated rings. The number of rotatable bonds is 2. The normalized spacial score (nSPS) is 10.4. The number of nitrogen functional groups attached to an aromatic ring is 1. The highest BCUT2D eigenvalue weighted by Gasteiger charge is 2.10. The molecule has 0 aliphatic carbocycles. The topological polar surface area (TPSA) is 61.0 Å². The van der Waals surface area contributed by atoms with Crippen molar-refractivity contribution in [2.45, 2.75) is 13.8 Å². The van der Waals surface area contributed by atoms with Crippen molar-refractivity contribution in [2.75, 3.05) is 5.73 Å². The van der Waals surface area contributed by atoms with Crippen molar-refractivity contribution in [1.82, 2.24) is 9.97 Å². The van der Waals surface area contributed by atoms with Crippen LogP contribution in [0.1, 0.15) is 11.4 Å². The van der Waals surface area contributed by atoms with Gasteiger partial charge in [-0.3, -0.25) is 4.98 Å².